The van der Waals surface area contributed by atoms with E-state index in [1.54, 1.807) is 24.0 Å². The van der Waals surface area contributed by atoms with Crippen molar-refractivity contribution < 1.29 is 14.7 Å². The lowest BCUT2D eigenvalue weighted by atomic mass is 10.0. The van der Waals surface area contributed by atoms with Crippen molar-refractivity contribution in [3.8, 4) is 0 Å². The first-order chi connectivity index (χ1) is 8.91. The van der Waals surface area contributed by atoms with Gasteiger partial charge in [-0.3, -0.25) is 9.59 Å². The Labute approximate surface area is 116 Å². The lowest BCUT2D eigenvalue weighted by Gasteiger charge is -2.23. The highest BCUT2D eigenvalue weighted by atomic mass is 35.5. The number of carboxylic acids is 1. The molecule has 2 rings (SSSR count). The molecule has 0 bridgehead atoms. The number of rotatable bonds is 2. The highest BCUT2D eigenvalue weighted by molar-refractivity contribution is 6.33. The van der Waals surface area contributed by atoms with Gasteiger partial charge in [0.2, 0.25) is 0 Å². The van der Waals surface area contributed by atoms with E-state index in [9.17, 15) is 9.59 Å². The number of likely N-dealkylation sites (tertiary alicyclic amines) is 1. The van der Waals surface area contributed by atoms with E-state index < -0.39 is 11.9 Å². The topological polar surface area (TPSA) is 83.6 Å². The van der Waals surface area contributed by atoms with Gasteiger partial charge >= 0.3 is 5.97 Å². The number of carbonyl (C=O) groups is 2. The van der Waals surface area contributed by atoms with Gasteiger partial charge in [-0.2, -0.15) is 0 Å². The van der Waals surface area contributed by atoms with E-state index in [1.807, 2.05) is 0 Å². The van der Waals surface area contributed by atoms with Crippen LogP contribution in [0.15, 0.2) is 18.2 Å². The molecule has 1 amide bonds. The van der Waals surface area contributed by atoms with Gasteiger partial charge < -0.3 is 15.7 Å². The molecule has 5 nitrogen and oxygen atoms in total. The van der Waals surface area contributed by atoms with Crippen molar-refractivity contribution in [1.29, 1.82) is 0 Å². The summed E-state index contributed by atoms with van der Waals surface area (Å²) in [4.78, 5) is 24.9. The third-order valence-electron chi connectivity index (χ3n) is 3.58. The third kappa shape index (κ3) is 2.51. The maximum atomic E-state index is 12.3. The second-order valence-corrected chi connectivity index (χ2v) is 5.12. The number of anilines is 1. The zero-order chi connectivity index (χ0) is 14.2. The average molecular weight is 283 g/mol. The molecular weight excluding hydrogens is 268 g/mol. The van der Waals surface area contributed by atoms with Crippen LogP contribution >= 0.6 is 11.6 Å². The van der Waals surface area contributed by atoms with Crippen molar-refractivity contribution in [2.45, 2.75) is 19.4 Å². The summed E-state index contributed by atoms with van der Waals surface area (Å²) in [6, 6.07) is 4.37. The van der Waals surface area contributed by atoms with Gasteiger partial charge in [0.1, 0.15) is 0 Å². The summed E-state index contributed by atoms with van der Waals surface area (Å²) < 4.78 is 0. The molecule has 1 heterocycles. The van der Waals surface area contributed by atoms with E-state index in [0.717, 1.165) is 0 Å². The Morgan fingerprint density at radius 2 is 2.16 bits per heavy atom. The molecule has 0 spiro atoms. The number of aliphatic carboxylic acids is 1. The van der Waals surface area contributed by atoms with Gasteiger partial charge in [-0.15, -0.1) is 0 Å². The van der Waals surface area contributed by atoms with Crippen LogP contribution in [0.25, 0.3) is 0 Å². The van der Waals surface area contributed by atoms with E-state index >= 15 is 0 Å². The zero-order valence-electron chi connectivity index (χ0n) is 10.5. The van der Waals surface area contributed by atoms with Crippen LogP contribution in [0.5, 0.6) is 0 Å². The first-order valence-electron chi connectivity index (χ1n) is 6.00. The first kappa shape index (κ1) is 13.7. The van der Waals surface area contributed by atoms with E-state index in [2.05, 4.69) is 0 Å². The molecule has 0 aliphatic carbocycles. The van der Waals surface area contributed by atoms with Crippen LogP contribution in [0.4, 0.5) is 5.69 Å². The van der Waals surface area contributed by atoms with Crippen LogP contribution in [-0.4, -0.2) is 34.5 Å². The lowest BCUT2D eigenvalue weighted by molar-refractivity contribution is -0.142. The van der Waals surface area contributed by atoms with Gasteiger partial charge in [0.25, 0.3) is 5.91 Å². The van der Waals surface area contributed by atoms with Gasteiger partial charge in [0, 0.05) is 18.2 Å². The third-order valence-corrected chi connectivity index (χ3v) is 3.91. The molecule has 1 aliphatic heterocycles. The van der Waals surface area contributed by atoms with Crippen molar-refractivity contribution in [2.24, 2.45) is 5.92 Å². The number of nitrogen functional groups attached to an aromatic ring is 1. The fraction of sp³-hybridized carbons (Fsp3) is 0.385. The van der Waals surface area contributed by atoms with Gasteiger partial charge in [-0.05, 0) is 31.5 Å². The fourth-order valence-corrected chi connectivity index (χ4v) is 2.56. The Morgan fingerprint density at radius 3 is 2.68 bits per heavy atom. The molecule has 1 fully saturated rings. The average Bonchev–Trinajstić information content (AvgIpc) is 2.74. The van der Waals surface area contributed by atoms with E-state index in [0.29, 0.717) is 29.2 Å². The molecule has 102 valence electrons. The minimum atomic E-state index is -0.863. The first-order valence-corrected chi connectivity index (χ1v) is 6.38. The number of nitrogens with zero attached hydrogens (tertiary/aromatic N) is 1. The van der Waals surface area contributed by atoms with Crippen LogP contribution in [0, 0.1) is 5.92 Å². The maximum absolute atomic E-state index is 12.3. The number of carbonyl (C=O) groups excluding carboxylic acids is 1. The molecule has 1 aromatic rings. The van der Waals surface area contributed by atoms with Crippen LogP contribution in [0.3, 0.4) is 0 Å². The number of amides is 1. The predicted molar refractivity (Wildman–Crippen MR) is 72.1 cm³/mol. The van der Waals surface area contributed by atoms with E-state index in [4.69, 9.17) is 22.4 Å². The standard InChI is InChI=1S/C13H15ClN2O3/c1-7-9(13(18)19)4-5-16(7)12(17)8-2-3-11(15)10(14)6-8/h2-3,6-7,9H,4-5,15H2,1H3,(H,18,19). The molecule has 3 N–H and O–H groups in total. The van der Waals surface area contributed by atoms with Crippen molar-refractivity contribution in [3.63, 3.8) is 0 Å². The molecule has 1 aliphatic rings. The number of carboxylic acid groups (broad SMARTS) is 1. The quantitative estimate of drug-likeness (QED) is 0.811. The molecule has 6 heteroatoms. The second-order valence-electron chi connectivity index (χ2n) is 4.71. The molecule has 2 unspecified atom stereocenters. The Bertz CT molecular complexity index is 533. The van der Waals surface area contributed by atoms with Crippen LogP contribution in [0.2, 0.25) is 5.02 Å². The van der Waals surface area contributed by atoms with Crippen molar-refractivity contribution in [3.05, 3.63) is 28.8 Å². The van der Waals surface area contributed by atoms with Gasteiger partial charge in [-0.1, -0.05) is 11.6 Å². The molecule has 0 saturated carbocycles. The second kappa shape index (κ2) is 5.09. The Hall–Kier alpha value is -1.75. The number of nitrogens with two attached hydrogens (primary N) is 1. The van der Waals surface area contributed by atoms with Crippen molar-refractivity contribution >= 4 is 29.2 Å². The lowest BCUT2D eigenvalue weighted by Crippen LogP contribution is -2.37. The summed E-state index contributed by atoms with van der Waals surface area (Å²) in [6.07, 6.45) is 0.477. The van der Waals surface area contributed by atoms with Crippen molar-refractivity contribution in [1.82, 2.24) is 4.90 Å². The zero-order valence-corrected chi connectivity index (χ0v) is 11.2. The summed E-state index contributed by atoms with van der Waals surface area (Å²) in [5.74, 6) is -1.58. The van der Waals surface area contributed by atoms with Crippen LogP contribution in [-0.2, 0) is 4.79 Å². The van der Waals surface area contributed by atoms with Gasteiger partial charge in [0.05, 0.1) is 16.6 Å². The summed E-state index contributed by atoms with van der Waals surface area (Å²) >= 11 is 5.89. The van der Waals surface area contributed by atoms with Gasteiger partial charge in [0.15, 0.2) is 0 Å². The van der Waals surface area contributed by atoms with Crippen molar-refractivity contribution in [2.75, 3.05) is 12.3 Å². The largest absolute Gasteiger partial charge is 0.481 e. The number of halogens is 1. The Balaban J connectivity index is 2.21. The van der Waals surface area contributed by atoms with E-state index in [-0.39, 0.29) is 11.9 Å². The number of hydrogen-bond donors (Lipinski definition) is 2. The summed E-state index contributed by atoms with van der Waals surface area (Å²) in [5, 5.41) is 9.39. The minimum Gasteiger partial charge on any atom is -0.481 e. The molecule has 19 heavy (non-hydrogen) atoms. The summed E-state index contributed by atoms with van der Waals surface area (Å²) in [5.41, 5.74) is 6.44. The smallest absolute Gasteiger partial charge is 0.308 e. The molecule has 0 aromatic heterocycles. The summed E-state index contributed by atoms with van der Waals surface area (Å²) in [7, 11) is 0. The SMILES string of the molecule is CC1C(C(=O)O)CCN1C(=O)c1ccc(N)c(Cl)c1. The Kier molecular flexibility index (Phi) is 3.66. The molecule has 1 saturated heterocycles. The fourth-order valence-electron chi connectivity index (χ4n) is 2.38. The normalized spacial score (nSPS) is 22.5. The number of benzene rings is 1. The predicted octanol–water partition coefficient (Wildman–Crippen LogP) is 1.86. The van der Waals surface area contributed by atoms with Crippen LogP contribution < -0.4 is 5.73 Å². The molecule has 2 atom stereocenters. The summed E-state index contributed by atoms with van der Waals surface area (Å²) in [6.45, 7) is 2.20. The number of hydrogen-bond acceptors (Lipinski definition) is 3. The highest BCUT2D eigenvalue weighted by Crippen LogP contribution is 2.27. The molecular formula is C13H15ClN2O3. The molecule has 0 radical (unpaired) electrons. The minimum absolute atomic E-state index is 0.210. The van der Waals surface area contributed by atoms with Crippen LogP contribution in [0.1, 0.15) is 23.7 Å². The highest BCUT2D eigenvalue weighted by Gasteiger charge is 2.38. The Morgan fingerprint density at radius 1 is 1.47 bits per heavy atom. The van der Waals surface area contributed by atoms with Gasteiger partial charge in [-0.25, -0.2) is 0 Å². The monoisotopic (exact) mass is 282 g/mol. The molecule has 1 aromatic carbocycles. The maximum Gasteiger partial charge on any atom is 0.308 e. The van der Waals surface area contributed by atoms with E-state index in [1.165, 1.54) is 6.07 Å².